The fourth-order valence-electron chi connectivity index (χ4n) is 2.15. The first-order chi connectivity index (χ1) is 10.1. The van der Waals surface area contributed by atoms with Crippen molar-refractivity contribution in [1.29, 1.82) is 0 Å². The quantitative estimate of drug-likeness (QED) is 0.760. The first-order valence-corrected chi connectivity index (χ1v) is 8.52. The van der Waals surface area contributed by atoms with Crippen molar-refractivity contribution in [3.8, 4) is 5.75 Å². The lowest BCUT2D eigenvalue weighted by atomic mass is 10.1. The summed E-state index contributed by atoms with van der Waals surface area (Å²) in [6, 6.07) is 8.27. The highest BCUT2D eigenvalue weighted by atomic mass is 32.2. The Kier molecular flexibility index (Phi) is 5.74. The van der Waals surface area contributed by atoms with Crippen LogP contribution in [0.3, 0.4) is 0 Å². The number of benzene rings is 1. The van der Waals surface area contributed by atoms with Gasteiger partial charge < -0.3 is 10.1 Å². The van der Waals surface area contributed by atoms with Gasteiger partial charge in [0.1, 0.15) is 11.6 Å². The second kappa shape index (κ2) is 7.55. The van der Waals surface area contributed by atoms with E-state index in [-0.39, 0.29) is 0 Å². The smallest absolute Gasteiger partial charge is 0.130 e. The van der Waals surface area contributed by atoms with Gasteiger partial charge in [-0.1, -0.05) is 13.8 Å². The molecule has 0 radical (unpaired) electrons. The van der Waals surface area contributed by atoms with E-state index in [2.05, 4.69) is 31.3 Å². The standard InChI is InChI=1S/C17H24N2OS/c1-12(2)7-8-21-11-14-9-13-5-6-15(20-4)10-16(13)19-17(14)18-3/h5-6,9-10,12H,7-8,11H2,1-4H3,(H,18,19). The highest BCUT2D eigenvalue weighted by molar-refractivity contribution is 7.98. The van der Waals surface area contributed by atoms with E-state index in [1.54, 1.807) is 7.11 Å². The normalized spacial score (nSPS) is 11.1. The molecule has 0 bridgehead atoms. The molecule has 0 aliphatic rings. The topological polar surface area (TPSA) is 34.2 Å². The average Bonchev–Trinajstić information content (AvgIpc) is 2.49. The Balaban J connectivity index is 2.18. The molecule has 0 amide bonds. The molecule has 0 spiro atoms. The Morgan fingerprint density at radius 2 is 2.10 bits per heavy atom. The molecule has 0 aliphatic heterocycles. The van der Waals surface area contributed by atoms with Crippen molar-refractivity contribution in [2.24, 2.45) is 5.92 Å². The zero-order chi connectivity index (χ0) is 15.2. The van der Waals surface area contributed by atoms with E-state index in [9.17, 15) is 0 Å². The predicted octanol–water partition coefficient (Wildman–Crippen LogP) is 4.56. The molecule has 3 nitrogen and oxygen atoms in total. The van der Waals surface area contributed by atoms with E-state index in [4.69, 9.17) is 9.72 Å². The van der Waals surface area contributed by atoms with Gasteiger partial charge in [0, 0.05) is 29.8 Å². The van der Waals surface area contributed by atoms with Gasteiger partial charge in [0.2, 0.25) is 0 Å². The van der Waals surface area contributed by atoms with Gasteiger partial charge in [-0.25, -0.2) is 4.98 Å². The molecule has 0 unspecified atom stereocenters. The van der Waals surface area contributed by atoms with Crippen LogP contribution in [0.5, 0.6) is 5.75 Å². The van der Waals surface area contributed by atoms with E-state index in [0.717, 1.165) is 34.1 Å². The van der Waals surface area contributed by atoms with Crippen LogP contribution in [0.1, 0.15) is 25.8 Å². The van der Waals surface area contributed by atoms with Gasteiger partial charge >= 0.3 is 0 Å². The number of nitrogens with one attached hydrogen (secondary N) is 1. The van der Waals surface area contributed by atoms with Crippen LogP contribution in [0.15, 0.2) is 24.3 Å². The molecule has 1 heterocycles. The summed E-state index contributed by atoms with van der Waals surface area (Å²) in [6.45, 7) is 4.54. The molecule has 1 aromatic heterocycles. The number of pyridine rings is 1. The van der Waals surface area contributed by atoms with E-state index in [0.29, 0.717) is 0 Å². The number of methoxy groups -OCH3 is 1. The number of rotatable bonds is 7. The molecule has 1 aromatic carbocycles. The lowest BCUT2D eigenvalue weighted by Crippen LogP contribution is -1.99. The molecule has 0 saturated carbocycles. The Hall–Kier alpha value is -1.42. The summed E-state index contributed by atoms with van der Waals surface area (Å²) in [5, 5.41) is 4.37. The third-order valence-electron chi connectivity index (χ3n) is 3.44. The minimum Gasteiger partial charge on any atom is -0.497 e. The molecule has 21 heavy (non-hydrogen) atoms. The van der Waals surface area contributed by atoms with Crippen LogP contribution < -0.4 is 10.1 Å². The number of anilines is 1. The Bertz CT molecular complexity index is 599. The maximum absolute atomic E-state index is 5.26. The molecular weight excluding hydrogens is 280 g/mol. The summed E-state index contributed by atoms with van der Waals surface area (Å²) >= 11 is 1.98. The van der Waals surface area contributed by atoms with Gasteiger partial charge in [-0.15, -0.1) is 0 Å². The first-order valence-electron chi connectivity index (χ1n) is 7.37. The Morgan fingerprint density at radius 3 is 2.76 bits per heavy atom. The molecule has 2 rings (SSSR count). The molecule has 4 heteroatoms. The van der Waals surface area contributed by atoms with Gasteiger partial charge in [-0.05, 0) is 36.3 Å². The fourth-order valence-corrected chi connectivity index (χ4v) is 3.37. The molecule has 0 aliphatic carbocycles. The van der Waals surface area contributed by atoms with Crippen molar-refractivity contribution < 1.29 is 4.74 Å². The van der Waals surface area contributed by atoms with Crippen molar-refractivity contribution >= 4 is 28.5 Å². The molecule has 2 aromatic rings. The number of fused-ring (bicyclic) bond motifs is 1. The fraction of sp³-hybridized carbons (Fsp3) is 0.471. The Morgan fingerprint density at radius 1 is 1.29 bits per heavy atom. The van der Waals surface area contributed by atoms with Crippen LogP contribution in [-0.2, 0) is 5.75 Å². The van der Waals surface area contributed by atoms with E-state index < -0.39 is 0 Å². The van der Waals surface area contributed by atoms with Crippen molar-refractivity contribution in [3.05, 3.63) is 29.8 Å². The summed E-state index contributed by atoms with van der Waals surface area (Å²) in [5.74, 6) is 4.77. The van der Waals surface area contributed by atoms with Gasteiger partial charge in [0.05, 0.1) is 12.6 Å². The van der Waals surface area contributed by atoms with Crippen molar-refractivity contribution in [3.63, 3.8) is 0 Å². The predicted molar refractivity (Wildman–Crippen MR) is 93.5 cm³/mol. The molecule has 0 atom stereocenters. The van der Waals surface area contributed by atoms with Crippen LogP contribution >= 0.6 is 11.8 Å². The highest BCUT2D eigenvalue weighted by Crippen LogP contribution is 2.27. The molecule has 0 saturated heterocycles. The van der Waals surface area contributed by atoms with Crippen LogP contribution in [0.4, 0.5) is 5.82 Å². The molecular formula is C17H24N2OS. The summed E-state index contributed by atoms with van der Waals surface area (Å²) in [4.78, 5) is 4.71. The van der Waals surface area contributed by atoms with Gasteiger partial charge in [-0.3, -0.25) is 0 Å². The second-order valence-corrected chi connectivity index (χ2v) is 6.65. The minimum absolute atomic E-state index is 0.767. The number of hydrogen-bond donors (Lipinski definition) is 1. The van der Waals surface area contributed by atoms with E-state index in [1.807, 2.05) is 30.9 Å². The number of thioether (sulfide) groups is 1. The minimum atomic E-state index is 0.767. The van der Waals surface area contributed by atoms with Crippen LogP contribution in [0, 0.1) is 5.92 Å². The number of nitrogens with zero attached hydrogens (tertiary/aromatic N) is 1. The number of aromatic nitrogens is 1. The van der Waals surface area contributed by atoms with Crippen LogP contribution in [0.2, 0.25) is 0 Å². The van der Waals surface area contributed by atoms with Gasteiger partial charge in [0.15, 0.2) is 0 Å². The maximum Gasteiger partial charge on any atom is 0.130 e. The SMILES string of the molecule is CNc1nc2cc(OC)ccc2cc1CSCCC(C)C. The summed E-state index contributed by atoms with van der Waals surface area (Å²) < 4.78 is 5.26. The Labute approximate surface area is 131 Å². The lowest BCUT2D eigenvalue weighted by molar-refractivity contribution is 0.415. The zero-order valence-electron chi connectivity index (χ0n) is 13.3. The monoisotopic (exact) mass is 304 g/mol. The zero-order valence-corrected chi connectivity index (χ0v) is 14.1. The number of ether oxygens (including phenoxy) is 1. The van der Waals surface area contributed by atoms with Gasteiger partial charge in [0.25, 0.3) is 0 Å². The largest absolute Gasteiger partial charge is 0.497 e. The third-order valence-corrected chi connectivity index (χ3v) is 4.48. The second-order valence-electron chi connectivity index (χ2n) is 5.54. The summed E-state index contributed by atoms with van der Waals surface area (Å²) in [7, 11) is 3.61. The average molecular weight is 304 g/mol. The molecule has 0 fully saturated rings. The molecule has 114 valence electrons. The number of hydrogen-bond acceptors (Lipinski definition) is 4. The highest BCUT2D eigenvalue weighted by Gasteiger charge is 2.07. The summed E-state index contributed by atoms with van der Waals surface area (Å²) in [5.41, 5.74) is 2.23. The van der Waals surface area contributed by atoms with Gasteiger partial charge in [-0.2, -0.15) is 11.8 Å². The van der Waals surface area contributed by atoms with E-state index in [1.165, 1.54) is 17.7 Å². The molecule has 1 N–H and O–H groups in total. The lowest BCUT2D eigenvalue weighted by Gasteiger charge is -2.11. The van der Waals surface area contributed by atoms with Crippen LogP contribution in [-0.4, -0.2) is 24.9 Å². The maximum atomic E-state index is 5.26. The van der Waals surface area contributed by atoms with Crippen LogP contribution in [0.25, 0.3) is 10.9 Å². The van der Waals surface area contributed by atoms with Crippen molar-refractivity contribution in [2.75, 3.05) is 25.2 Å². The van der Waals surface area contributed by atoms with Crippen molar-refractivity contribution in [1.82, 2.24) is 4.98 Å². The summed E-state index contributed by atoms with van der Waals surface area (Å²) in [6.07, 6.45) is 1.26. The van der Waals surface area contributed by atoms with E-state index >= 15 is 0 Å². The van der Waals surface area contributed by atoms with Crippen molar-refractivity contribution in [2.45, 2.75) is 26.0 Å². The first kappa shape index (κ1) is 16.0. The third kappa shape index (κ3) is 4.27.